The SMILES string of the molecule is Cc1ccc2cc(C)c3nnc(SCC(=O)c4ccc(F)cc4)n3c2c1. The molecule has 26 heavy (non-hydrogen) atoms. The fourth-order valence-electron chi connectivity index (χ4n) is 2.95. The maximum Gasteiger partial charge on any atom is 0.196 e. The number of pyridine rings is 1. The van der Waals surface area contributed by atoms with Crippen LogP contribution in [-0.4, -0.2) is 26.1 Å². The van der Waals surface area contributed by atoms with Gasteiger partial charge in [0.25, 0.3) is 0 Å². The van der Waals surface area contributed by atoms with Crippen LogP contribution < -0.4 is 0 Å². The van der Waals surface area contributed by atoms with E-state index in [9.17, 15) is 9.18 Å². The average molecular weight is 365 g/mol. The van der Waals surface area contributed by atoms with Crippen molar-refractivity contribution < 1.29 is 9.18 Å². The minimum atomic E-state index is -0.352. The van der Waals surface area contributed by atoms with E-state index in [4.69, 9.17) is 0 Å². The highest BCUT2D eigenvalue weighted by molar-refractivity contribution is 7.99. The monoisotopic (exact) mass is 365 g/mol. The Balaban J connectivity index is 1.70. The average Bonchev–Trinajstić information content (AvgIpc) is 3.06. The normalized spacial score (nSPS) is 11.3. The lowest BCUT2D eigenvalue weighted by molar-refractivity contribution is 0.102. The first-order chi connectivity index (χ1) is 12.5. The Hall–Kier alpha value is -2.73. The first kappa shape index (κ1) is 16.7. The number of benzene rings is 2. The van der Waals surface area contributed by atoms with E-state index >= 15 is 0 Å². The van der Waals surface area contributed by atoms with Crippen molar-refractivity contribution in [3.05, 3.63) is 71.0 Å². The molecule has 6 heteroatoms. The number of aryl methyl sites for hydroxylation is 2. The molecule has 0 N–H and O–H groups in total. The minimum Gasteiger partial charge on any atom is -0.293 e. The fourth-order valence-corrected chi connectivity index (χ4v) is 3.79. The lowest BCUT2D eigenvalue weighted by atomic mass is 10.1. The topological polar surface area (TPSA) is 47.3 Å². The molecule has 0 atom stereocenters. The summed E-state index contributed by atoms with van der Waals surface area (Å²) in [7, 11) is 0. The smallest absolute Gasteiger partial charge is 0.196 e. The summed E-state index contributed by atoms with van der Waals surface area (Å²) in [5.74, 6) is -0.205. The zero-order valence-corrected chi connectivity index (χ0v) is 15.2. The predicted octanol–water partition coefficient (Wildman–Crippen LogP) is 4.61. The van der Waals surface area contributed by atoms with Gasteiger partial charge in [0.15, 0.2) is 16.6 Å². The number of halogens is 1. The number of fused-ring (bicyclic) bond motifs is 3. The van der Waals surface area contributed by atoms with Gasteiger partial charge >= 0.3 is 0 Å². The standard InChI is InChI=1S/C20H16FN3OS/c1-12-3-4-15-10-13(2)19-22-23-20(24(19)17(15)9-12)26-11-18(25)14-5-7-16(21)8-6-14/h3-10H,11H2,1-2H3. The quantitative estimate of drug-likeness (QED) is 0.391. The van der Waals surface area contributed by atoms with Crippen molar-refractivity contribution in [1.29, 1.82) is 0 Å². The molecule has 130 valence electrons. The molecular formula is C20H16FN3OS. The van der Waals surface area contributed by atoms with Crippen LogP contribution in [0.3, 0.4) is 0 Å². The van der Waals surface area contributed by atoms with Gasteiger partial charge in [-0.1, -0.05) is 23.9 Å². The zero-order chi connectivity index (χ0) is 18.3. The molecule has 4 aromatic rings. The maximum absolute atomic E-state index is 13.0. The summed E-state index contributed by atoms with van der Waals surface area (Å²) in [5.41, 5.74) is 4.48. The first-order valence-electron chi connectivity index (χ1n) is 8.19. The van der Waals surface area contributed by atoms with Crippen LogP contribution in [-0.2, 0) is 0 Å². The third kappa shape index (κ3) is 2.97. The van der Waals surface area contributed by atoms with E-state index in [1.54, 1.807) is 0 Å². The molecule has 0 spiro atoms. The van der Waals surface area contributed by atoms with Crippen LogP contribution in [0, 0.1) is 19.7 Å². The van der Waals surface area contributed by atoms with Crippen LogP contribution in [0.2, 0.25) is 0 Å². The van der Waals surface area contributed by atoms with E-state index in [0.717, 1.165) is 27.7 Å². The van der Waals surface area contributed by atoms with Crippen LogP contribution in [0.25, 0.3) is 16.6 Å². The number of aromatic nitrogens is 3. The van der Waals surface area contributed by atoms with Crippen molar-refractivity contribution in [2.45, 2.75) is 19.0 Å². The lowest BCUT2D eigenvalue weighted by Crippen LogP contribution is -2.03. The number of rotatable bonds is 4. The van der Waals surface area contributed by atoms with Gasteiger partial charge in [0, 0.05) is 5.56 Å². The molecule has 0 aliphatic heterocycles. The van der Waals surface area contributed by atoms with Gasteiger partial charge in [0.05, 0.1) is 11.3 Å². The van der Waals surface area contributed by atoms with Gasteiger partial charge in [-0.25, -0.2) is 4.39 Å². The highest BCUT2D eigenvalue weighted by Crippen LogP contribution is 2.26. The Morgan fingerprint density at radius 2 is 1.85 bits per heavy atom. The number of Topliss-reactive ketones (excluding diaryl/α,β-unsaturated/α-hetero) is 1. The number of hydrogen-bond donors (Lipinski definition) is 0. The molecule has 0 unspecified atom stereocenters. The van der Waals surface area contributed by atoms with E-state index in [1.807, 2.05) is 18.2 Å². The van der Waals surface area contributed by atoms with E-state index in [-0.39, 0.29) is 17.4 Å². The molecule has 0 fully saturated rings. The molecule has 0 amide bonds. The summed E-state index contributed by atoms with van der Waals surface area (Å²) in [6.07, 6.45) is 0. The van der Waals surface area contributed by atoms with Crippen LogP contribution in [0.4, 0.5) is 4.39 Å². The molecule has 0 aliphatic rings. The number of ketones is 1. The second kappa shape index (κ2) is 6.53. The van der Waals surface area contributed by atoms with Crippen LogP contribution in [0.5, 0.6) is 0 Å². The zero-order valence-electron chi connectivity index (χ0n) is 14.4. The van der Waals surface area contributed by atoms with Gasteiger partial charge in [-0.3, -0.25) is 9.20 Å². The molecule has 0 bridgehead atoms. The molecule has 0 radical (unpaired) electrons. The molecule has 2 aromatic carbocycles. The minimum absolute atomic E-state index is 0.0695. The number of thioether (sulfide) groups is 1. The summed E-state index contributed by atoms with van der Waals surface area (Å²) in [4.78, 5) is 12.4. The second-order valence-electron chi connectivity index (χ2n) is 6.25. The summed E-state index contributed by atoms with van der Waals surface area (Å²) in [5, 5.41) is 10.4. The van der Waals surface area contributed by atoms with E-state index in [2.05, 4.69) is 34.5 Å². The Labute approximate surface area is 154 Å². The summed E-state index contributed by atoms with van der Waals surface area (Å²) in [6, 6.07) is 13.9. The predicted molar refractivity (Wildman–Crippen MR) is 101 cm³/mol. The van der Waals surface area contributed by atoms with Crippen molar-refractivity contribution in [3.63, 3.8) is 0 Å². The molecule has 0 saturated carbocycles. The van der Waals surface area contributed by atoms with Gasteiger partial charge in [-0.2, -0.15) is 0 Å². The van der Waals surface area contributed by atoms with Crippen LogP contribution in [0.15, 0.2) is 53.7 Å². The van der Waals surface area contributed by atoms with Crippen LogP contribution >= 0.6 is 11.8 Å². The molecule has 0 saturated heterocycles. The van der Waals surface area contributed by atoms with E-state index in [1.165, 1.54) is 36.0 Å². The summed E-state index contributed by atoms with van der Waals surface area (Å²) < 4.78 is 15.0. The van der Waals surface area contributed by atoms with Crippen LogP contribution in [0.1, 0.15) is 21.5 Å². The van der Waals surface area contributed by atoms with Crippen molar-refractivity contribution in [2.75, 3.05) is 5.75 Å². The molecule has 0 aliphatic carbocycles. The van der Waals surface area contributed by atoms with Crippen molar-refractivity contribution in [2.24, 2.45) is 0 Å². The van der Waals surface area contributed by atoms with Gasteiger partial charge < -0.3 is 0 Å². The Morgan fingerprint density at radius 1 is 1.08 bits per heavy atom. The number of carbonyl (C=O) groups is 1. The van der Waals surface area contributed by atoms with Gasteiger partial charge in [0.1, 0.15) is 5.82 Å². The van der Waals surface area contributed by atoms with Crippen molar-refractivity contribution in [3.8, 4) is 0 Å². The third-order valence-corrected chi connectivity index (χ3v) is 5.21. The van der Waals surface area contributed by atoms with Crippen molar-refractivity contribution >= 4 is 34.1 Å². The van der Waals surface area contributed by atoms with E-state index < -0.39 is 0 Å². The van der Waals surface area contributed by atoms with Crippen molar-refractivity contribution in [1.82, 2.24) is 14.6 Å². The molecule has 2 heterocycles. The largest absolute Gasteiger partial charge is 0.293 e. The number of nitrogens with zero attached hydrogens (tertiary/aromatic N) is 3. The fraction of sp³-hybridized carbons (Fsp3) is 0.150. The van der Waals surface area contributed by atoms with Gasteiger partial charge in [-0.05, 0) is 66.8 Å². The summed E-state index contributed by atoms with van der Waals surface area (Å²) >= 11 is 1.34. The molecule has 2 aromatic heterocycles. The number of carbonyl (C=O) groups excluding carboxylic acids is 1. The highest BCUT2D eigenvalue weighted by Gasteiger charge is 2.14. The first-order valence-corrected chi connectivity index (χ1v) is 9.18. The highest BCUT2D eigenvalue weighted by atomic mass is 32.2. The second-order valence-corrected chi connectivity index (χ2v) is 7.19. The Morgan fingerprint density at radius 3 is 2.62 bits per heavy atom. The maximum atomic E-state index is 13.0. The number of hydrogen-bond acceptors (Lipinski definition) is 4. The molecular weight excluding hydrogens is 349 g/mol. The Kier molecular flexibility index (Phi) is 4.20. The molecule has 4 rings (SSSR count). The summed E-state index contributed by atoms with van der Waals surface area (Å²) in [6.45, 7) is 4.04. The Bertz CT molecular complexity index is 1140. The van der Waals surface area contributed by atoms with E-state index in [0.29, 0.717) is 10.7 Å². The van der Waals surface area contributed by atoms with Gasteiger partial charge in [-0.15, -0.1) is 10.2 Å². The molecule has 4 nitrogen and oxygen atoms in total. The third-order valence-electron chi connectivity index (χ3n) is 4.28. The lowest BCUT2D eigenvalue weighted by Gasteiger charge is -2.08. The van der Waals surface area contributed by atoms with Gasteiger partial charge in [0.2, 0.25) is 0 Å².